The van der Waals surface area contributed by atoms with E-state index in [0.29, 0.717) is 0 Å². The van der Waals surface area contributed by atoms with Crippen LogP contribution in [0.2, 0.25) is 0 Å². The number of fused-ring (bicyclic) bond motifs is 3. The molecule has 0 saturated carbocycles. The Balaban J connectivity index is 2.04. The number of aromatic carboxylic acids is 2. The van der Waals surface area contributed by atoms with E-state index < -0.39 is 51.1 Å². The molecule has 3 N–H and O–H groups in total. The molecule has 0 spiro atoms. The van der Waals surface area contributed by atoms with E-state index in [0.717, 1.165) is 38.3 Å². The van der Waals surface area contributed by atoms with Gasteiger partial charge in [0.1, 0.15) is 28.8 Å². The second kappa shape index (κ2) is 8.77. The van der Waals surface area contributed by atoms with Crippen LogP contribution in [-0.2, 0) is 0 Å². The molecule has 2 heterocycles. The minimum Gasteiger partial charge on any atom is -0.508 e. The predicted octanol–water partition coefficient (Wildman–Crippen LogP) is 4.23. The molecule has 11 heteroatoms. The summed E-state index contributed by atoms with van der Waals surface area (Å²) in [6.45, 7) is 2.23. The Morgan fingerprint density at radius 2 is 1.44 bits per heavy atom. The van der Waals surface area contributed by atoms with Crippen molar-refractivity contribution >= 4 is 56.4 Å². The molecule has 0 aliphatic heterocycles. The van der Waals surface area contributed by atoms with Gasteiger partial charge in [0.05, 0.1) is 38.4 Å². The lowest BCUT2D eigenvalue weighted by atomic mass is 9.88. The largest absolute Gasteiger partial charge is 0.508 e. The number of aromatic hydroxyl groups is 1. The van der Waals surface area contributed by atoms with Crippen molar-refractivity contribution in [2.75, 3.05) is 0 Å². The van der Waals surface area contributed by atoms with Crippen LogP contribution in [0.3, 0.4) is 0 Å². The van der Waals surface area contributed by atoms with Crippen LogP contribution < -0.4 is 10.9 Å². The Bertz CT molecular complexity index is 2080. The van der Waals surface area contributed by atoms with Gasteiger partial charge in [0.25, 0.3) is 0 Å². The smallest absolute Gasteiger partial charge is 0.336 e. The number of hydrogen-bond acceptors (Lipinski definition) is 9. The molecular weight excluding hydrogens is 512 g/mol. The summed E-state index contributed by atoms with van der Waals surface area (Å²) in [5.74, 6) is -4.85. The Labute approximate surface area is 216 Å². The lowest BCUT2D eigenvalue weighted by molar-refractivity contribution is 0.0688. The van der Waals surface area contributed by atoms with Gasteiger partial charge in [0.15, 0.2) is 11.6 Å². The van der Waals surface area contributed by atoms with Gasteiger partial charge in [-0.3, -0.25) is 19.2 Å². The lowest BCUT2D eigenvalue weighted by Gasteiger charge is -2.15. The average Bonchev–Trinajstić information content (AvgIpc) is 2.86. The van der Waals surface area contributed by atoms with Crippen molar-refractivity contribution in [3.63, 3.8) is 0 Å². The fourth-order valence-corrected chi connectivity index (χ4v) is 4.69. The van der Waals surface area contributed by atoms with Crippen molar-refractivity contribution in [3.8, 4) is 16.9 Å². The first-order valence-corrected chi connectivity index (χ1v) is 11.3. The maximum Gasteiger partial charge on any atom is 0.336 e. The summed E-state index contributed by atoms with van der Waals surface area (Å²) in [6.07, 6.45) is 0.976. The van der Waals surface area contributed by atoms with Crippen molar-refractivity contribution in [2.24, 2.45) is 0 Å². The molecule has 39 heavy (non-hydrogen) atoms. The van der Waals surface area contributed by atoms with Gasteiger partial charge < -0.3 is 24.2 Å². The van der Waals surface area contributed by atoms with Crippen LogP contribution in [0.15, 0.2) is 61.1 Å². The average molecular weight is 528 g/mol. The summed E-state index contributed by atoms with van der Waals surface area (Å²) in [7, 11) is 0. The number of ketones is 2. The molecule has 5 aromatic rings. The summed E-state index contributed by atoms with van der Waals surface area (Å²) in [5, 5.41) is 28.2. The number of phenolic OH excluding ortho intramolecular Hbond substituents is 1. The van der Waals surface area contributed by atoms with Gasteiger partial charge in [-0.05, 0) is 38.1 Å². The second-order valence-electron chi connectivity index (χ2n) is 8.73. The Hall–Kier alpha value is -5.58. The molecule has 0 fully saturated rings. The third kappa shape index (κ3) is 3.75. The first kappa shape index (κ1) is 25.1. The summed E-state index contributed by atoms with van der Waals surface area (Å²) < 4.78 is 11.3. The predicted molar refractivity (Wildman–Crippen MR) is 137 cm³/mol. The molecule has 3 aromatic carbocycles. The van der Waals surface area contributed by atoms with Gasteiger partial charge in [-0.15, -0.1) is 0 Å². The number of carbonyl (C=O) groups excluding carboxylic acids is 2. The second-order valence-corrected chi connectivity index (χ2v) is 8.73. The summed E-state index contributed by atoms with van der Waals surface area (Å²) in [6, 6.07) is 6.89. The molecular formula is C28H16O11. The monoisotopic (exact) mass is 528 g/mol. The standard InChI is InChI=1S/C28H16O11/c1-10(29)14-8-16-24(32)23-15(28(36)37)6-12(31)7-19(23)39-26(16)20(11(2)30)21(14)17-9-38-18-5-3-4-13(27(34)35)22(18)25(17)33/h3-9,31H,1-2H3,(H,34,35)(H,36,37). The van der Waals surface area contributed by atoms with Crippen LogP contribution in [0.25, 0.3) is 44.0 Å². The van der Waals surface area contributed by atoms with Crippen LogP contribution in [0, 0.1) is 0 Å². The van der Waals surface area contributed by atoms with Crippen LogP contribution >= 0.6 is 0 Å². The summed E-state index contributed by atoms with van der Waals surface area (Å²) >= 11 is 0. The molecule has 194 valence electrons. The van der Waals surface area contributed by atoms with E-state index >= 15 is 0 Å². The van der Waals surface area contributed by atoms with E-state index in [4.69, 9.17) is 8.83 Å². The van der Waals surface area contributed by atoms with Gasteiger partial charge in [0.2, 0.25) is 10.9 Å². The minimum absolute atomic E-state index is 0.0487. The van der Waals surface area contributed by atoms with E-state index in [2.05, 4.69) is 0 Å². The zero-order chi connectivity index (χ0) is 28.3. The van der Waals surface area contributed by atoms with E-state index in [1.165, 1.54) is 18.2 Å². The van der Waals surface area contributed by atoms with Gasteiger partial charge in [0, 0.05) is 17.2 Å². The summed E-state index contributed by atoms with van der Waals surface area (Å²) in [5.41, 5.74) is -4.65. The number of hydrogen-bond donors (Lipinski definition) is 3. The highest BCUT2D eigenvalue weighted by molar-refractivity contribution is 6.18. The Morgan fingerprint density at radius 3 is 2.05 bits per heavy atom. The zero-order valence-corrected chi connectivity index (χ0v) is 20.1. The van der Waals surface area contributed by atoms with Crippen molar-refractivity contribution in [3.05, 3.63) is 85.4 Å². The third-order valence-electron chi connectivity index (χ3n) is 6.31. The Kier molecular flexibility index (Phi) is 5.64. The number of rotatable bonds is 5. The van der Waals surface area contributed by atoms with Crippen LogP contribution in [0.4, 0.5) is 0 Å². The van der Waals surface area contributed by atoms with E-state index in [1.807, 2.05) is 0 Å². The van der Waals surface area contributed by atoms with E-state index in [-0.39, 0.29) is 55.3 Å². The molecule has 0 atom stereocenters. The van der Waals surface area contributed by atoms with Crippen molar-refractivity contribution in [2.45, 2.75) is 13.8 Å². The van der Waals surface area contributed by atoms with Gasteiger partial charge >= 0.3 is 11.9 Å². The minimum atomic E-state index is -1.53. The molecule has 0 unspecified atom stereocenters. The third-order valence-corrected chi connectivity index (χ3v) is 6.31. The number of Topliss-reactive ketones (excluding diaryl/α,β-unsaturated/α-hetero) is 2. The maximum atomic E-state index is 13.6. The van der Waals surface area contributed by atoms with Crippen molar-refractivity contribution in [1.29, 1.82) is 0 Å². The number of phenols is 1. The van der Waals surface area contributed by atoms with Gasteiger partial charge in [-0.25, -0.2) is 9.59 Å². The Morgan fingerprint density at radius 1 is 0.769 bits per heavy atom. The SMILES string of the molecule is CC(=O)c1cc2c(=O)c3c(C(=O)O)cc(O)cc3oc2c(C(C)=O)c1-c1coc2cccc(C(=O)O)c2c1=O. The molecule has 0 amide bonds. The normalized spacial score (nSPS) is 11.2. The van der Waals surface area contributed by atoms with Gasteiger partial charge in [-0.2, -0.15) is 0 Å². The maximum absolute atomic E-state index is 13.6. The number of carboxylic acids is 2. The molecule has 0 saturated heterocycles. The molecule has 2 aromatic heterocycles. The highest BCUT2D eigenvalue weighted by Gasteiger charge is 2.28. The first-order valence-electron chi connectivity index (χ1n) is 11.3. The number of benzene rings is 3. The molecule has 0 aliphatic rings. The summed E-state index contributed by atoms with van der Waals surface area (Å²) in [4.78, 5) is 76.6. The molecule has 11 nitrogen and oxygen atoms in total. The quantitative estimate of drug-likeness (QED) is 0.219. The lowest BCUT2D eigenvalue weighted by Crippen LogP contribution is -2.16. The zero-order valence-electron chi connectivity index (χ0n) is 20.1. The number of carbonyl (C=O) groups is 4. The van der Waals surface area contributed by atoms with E-state index in [9.17, 15) is 44.1 Å². The molecule has 0 bridgehead atoms. The highest BCUT2D eigenvalue weighted by atomic mass is 16.4. The van der Waals surface area contributed by atoms with Crippen LogP contribution in [0.5, 0.6) is 5.75 Å². The van der Waals surface area contributed by atoms with E-state index in [1.54, 1.807) is 0 Å². The molecule has 0 aliphatic carbocycles. The first-order chi connectivity index (χ1) is 18.4. The van der Waals surface area contributed by atoms with Crippen molar-refractivity contribution in [1.82, 2.24) is 0 Å². The molecule has 0 radical (unpaired) electrons. The molecule has 5 rings (SSSR count). The fraction of sp³-hybridized carbons (Fsp3) is 0.0714. The van der Waals surface area contributed by atoms with Crippen LogP contribution in [-0.4, -0.2) is 38.8 Å². The number of carboxylic acid groups (broad SMARTS) is 2. The van der Waals surface area contributed by atoms with Crippen molar-refractivity contribution < 1.29 is 43.3 Å². The van der Waals surface area contributed by atoms with Gasteiger partial charge in [-0.1, -0.05) is 6.07 Å². The topological polar surface area (TPSA) is 189 Å². The van der Waals surface area contributed by atoms with Crippen LogP contribution in [0.1, 0.15) is 55.3 Å². The highest BCUT2D eigenvalue weighted by Crippen LogP contribution is 2.36. The fourth-order valence-electron chi connectivity index (χ4n) is 4.69.